The highest BCUT2D eigenvalue weighted by molar-refractivity contribution is 5.93. The Morgan fingerprint density at radius 3 is 2.43 bits per heavy atom. The number of hydrogen-bond acceptors (Lipinski definition) is 7. The van der Waals surface area contributed by atoms with Crippen molar-refractivity contribution in [1.29, 1.82) is 0 Å². The third kappa shape index (κ3) is 4.84. The number of nitrogens with one attached hydrogen (secondary N) is 2. The normalized spacial score (nSPS) is 17.5. The first-order valence-corrected chi connectivity index (χ1v) is 11.2. The number of carbonyl (C=O) groups excluding carboxylic acids is 2. The number of halogens is 3. The summed E-state index contributed by atoms with van der Waals surface area (Å²) in [5.41, 5.74) is 1.60. The number of aromatic nitrogens is 4. The van der Waals surface area contributed by atoms with Gasteiger partial charge in [0.25, 0.3) is 5.82 Å². The first-order chi connectivity index (χ1) is 16.8. The van der Waals surface area contributed by atoms with Crippen molar-refractivity contribution in [3.8, 4) is 0 Å². The molecule has 0 unspecified atom stereocenters. The standard InChI is InChI=1S/C22H23F3N8O2/c23-22(24,25)21-29-28-17-5-6-18(30-33(17)21)31-10-7-14(8-11-31)20(35)27-15-1-3-16(4-2-15)32-12-9-26-19(34)13-32/h1-6,14H,7-13H2,(H,26,34)(H,27,35). The van der Waals surface area contributed by atoms with E-state index in [4.69, 9.17) is 0 Å². The van der Waals surface area contributed by atoms with Crippen LogP contribution in [0.25, 0.3) is 5.65 Å². The van der Waals surface area contributed by atoms with Crippen LogP contribution in [0.2, 0.25) is 0 Å². The van der Waals surface area contributed by atoms with Crippen molar-refractivity contribution < 1.29 is 22.8 Å². The molecule has 0 radical (unpaired) electrons. The van der Waals surface area contributed by atoms with Crippen molar-refractivity contribution >= 4 is 34.7 Å². The molecule has 2 amide bonds. The van der Waals surface area contributed by atoms with Crippen LogP contribution in [0.15, 0.2) is 36.4 Å². The molecule has 2 N–H and O–H groups in total. The number of piperazine rings is 1. The summed E-state index contributed by atoms with van der Waals surface area (Å²) in [6, 6.07) is 10.4. The number of benzene rings is 1. The van der Waals surface area contributed by atoms with Gasteiger partial charge in [0.1, 0.15) is 5.82 Å². The van der Waals surface area contributed by atoms with E-state index in [1.807, 2.05) is 34.1 Å². The minimum absolute atomic E-state index is 0.0161. The summed E-state index contributed by atoms with van der Waals surface area (Å²) < 4.78 is 40.1. The molecule has 3 aromatic rings. The average Bonchev–Trinajstić information content (AvgIpc) is 3.29. The number of alkyl halides is 3. The molecule has 184 valence electrons. The van der Waals surface area contributed by atoms with Gasteiger partial charge in [0.15, 0.2) is 5.65 Å². The highest BCUT2D eigenvalue weighted by Crippen LogP contribution is 2.29. The van der Waals surface area contributed by atoms with E-state index in [0.29, 0.717) is 55.0 Å². The fraction of sp³-hybridized carbons (Fsp3) is 0.409. The van der Waals surface area contributed by atoms with Gasteiger partial charge in [0.2, 0.25) is 11.8 Å². The zero-order chi connectivity index (χ0) is 24.6. The molecule has 2 aromatic heterocycles. The summed E-state index contributed by atoms with van der Waals surface area (Å²) in [6.45, 7) is 2.60. The van der Waals surface area contributed by atoms with Crippen LogP contribution in [0.4, 0.5) is 30.4 Å². The second-order valence-corrected chi connectivity index (χ2v) is 8.55. The fourth-order valence-corrected chi connectivity index (χ4v) is 4.35. The average molecular weight is 488 g/mol. The predicted molar refractivity (Wildman–Crippen MR) is 121 cm³/mol. The Kier molecular flexibility index (Phi) is 5.91. The van der Waals surface area contributed by atoms with Gasteiger partial charge in [-0.1, -0.05) is 0 Å². The summed E-state index contributed by atoms with van der Waals surface area (Å²) in [6.07, 6.45) is -3.57. The summed E-state index contributed by atoms with van der Waals surface area (Å²) in [5, 5.41) is 16.5. The van der Waals surface area contributed by atoms with E-state index >= 15 is 0 Å². The van der Waals surface area contributed by atoms with Crippen LogP contribution in [0.3, 0.4) is 0 Å². The van der Waals surface area contributed by atoms with Crippen LogP contribution in [-0.2, 0) is 15.8 Å². The second-order valence-electron chi connectivity index (χ2n) is 8.55. The lowest BCUT2D eigenvalue weighted by Gasteiger charge is -2.32. The molecule has 2 fully saturated rings. The molecule has 35 heavy (non-hydrogen) atoms. The van der Waals surface area contributed by atoms with Gasteiger partial charge in [-0.25, -0.2) is 0 Å². The maximum atomic E-state index is 13.1. The van der Waals surface area contributed by atoms with E-state index in [1.54, 1.807) is 6.07 Å². The van der Waals surface area contributed by atoms with E-state index in [1.165, 1.54) is 6.07 Å². The quantitative estimate of drug-likeness (QED) is 0.578. The van der Waals surface area contributed by atoms with Crippen molar-refractivity contribution in [3.63, 3.8) is 0 Å². The maximum absolute atomic E-state index is 13.1. The minimum Gasteiger partial charge on any atom is -0.360 e. The molecule has 2 aliphatic heterocycles. The third-order valence-electron chi connectivity index (χ3n) is 6.23. The zero-order valence-corrected chi connectivity index (χ0v) is 18.6. The minimum atomic E-state index is -4.66. The molecule has 2 aliphatic rings. The first kappa shape index (κ1) is 22.9. The molecule has 13 heteroatoms. The molecule has 4 heterocycles. The van der Waals surface area contributed by atoms with Crippen molar-refractivity contribution in [2.45, 2.75) is 19.0 Å². The van der Waals surface area contributed by atoms with Crippen LogP contribution in [0.1, 0.15) is 18.7 Å². The van der Waals surface area contributed by atoms with Gasteiger partial charge in [-0.05, 0) is 49.2 Å². The summed E-state index contributed by atoms with van der Waals surface area (Å²) in [5.74, 6) is -1.13. The van der Waals surface area contributed by atoms with Crippen molar-refractivity contribution in [2.75, 3.05) is 47.8 Å². The van der Waals surface area contributed by atoms with Gasteiger partial charge < -0.3 is 20.4 Å². The number of carbonyl (C=O) groups is 2. The van der Waals surface area contributed by atoms with Crippen molar-refractivity contribution in [2.24, 2.45) is 5.92 Å². The lowest BCUT2D eigenvalue weighted by molar-refractivity contribution is -0.146. The van der Waals surface area contributed by atoms with Crippen LogP contribution in [0, 0.1) is 5.92 Å². The molecule has 0 saturated carbocycles. The Labute approximate surface area is 198 Å². The molecular weight excluding hydrogens is 465 g/mol. The Hall–Kier alpha value is -3.90. The van der Waals surface area contributed by atoms with E-state index < -0.39 is 12.0 Å². The molecule has 10 nitrogen and oxygen atoms in total. The van der Waals surface area contributed by atoms with Gasteiger partial charge in [0.05, 0.1) is 6.54 Å². The highest BCUT2D eigenvalue weighted by Gasteiger charge is 2.38. The van der Waals surface area contributed by atoms with Crippen molar-refractivity contribution in [1.82, 2.24) is 25.1 Å². The number of fused-ring (bicyclic) bond motifs is 1. The van der Waals surface area contributed by atoms with E-state index in [0.717, 1.165) is 12.2 Å². The monoisotopic (exact) mass is 488 g/mol. The Morgan fingerprint density at radius 2 is 1.74 bits per heavy atom. The van der Waals surface area contributed by atoms with Gasteiger partial charge in [0, 0.05) is 43.5 Å². The highest BCUT2D eigenvalue weighted by atomic mass is 19.4. The van der Waals surface area contributed by atoms with Gasteiger partial charge in [-0.2, -0.15) is 17.7 Å². The molecule has 0 aliphatic carbocycles. The summed E-state index contributed by atoms with van der Waals surface area (Å²) in [4.78, 5) is 28.2. The SMILES string of the molecule is O=C1CN(c2ccc(NC(=O)C3CCN(c4ccc5nnc(C(F)(F)F)n5n4)CC3)cc2)CCN1. The molecule has 2 saturated heterocycles. The largest absolute Gasteiger partial charge is 0.453 e. The fourth-order valence-electron chi connectivity index (χ4n) is 4.35. The number of rotatable bonds is 4. The molecule has 0 bridgehead atoms. The zero-order valence-electron chi connectivity index (χ0n) is 18.6. The van der Waals surface area contributed by atoms with Crippen LogP contribution in [-0.4, -0.2) is 64.3 Å². The first-order valence-electron chi connectivity index (χ1n) is 11.2. The van der Waals surface area contributed by atoms with Crippen LogP contribution >= 0.6 is 0 Å². The molecule has 1 aromatic carbocycles. The van der Waals surface area contributed by atoms with E-state index in [-0.39, 0.29) is 23.4 Å². The maximum Gasteiger partial charge on any atom is 0.453 e. The Morgan fingerprint density at radius 1 is 1.00 bits per heavy atom. The number of amides is 2. The van der Waals surface area contributed by atoms with Gasteiger partial charge >= 0.3 is 6.18 Å². The number of nitrogens with zero attached hydrogens (tertiary/aromatic N) is 6. The van der Waals surface area contributed by atoms with E-state index in [2.05, 4.69) is 25.9 Å². The van der Waals surface area contributed by atoms with E-state index in [9.17, 15) is 22.8 Å². The lowest BCUT2D eigenvalue weighted by atomic mass is 9.96. The number of piperidine rings is 1. The summed E-state index contributed by atoms with van der Waals surface area (Å²) in [7, 11) is 0. The third-order valence-corrected chi connectivity index (χ3v) is 6.23. The topological polar surface area (TPSA) is 108 Å². The molecule has 0 spiro atoms. The number of anilines is 3. The Balaban J connectivity index is 1.18. The Bertz CT molecular complexity index is 1240. The van der Waals surface area contributed by atoms with Gasteiger partial charge in [-0.3, -0.25) is 9.59 Å². The number of hydrogen-bond donors (Lipinski definition) is 2. The lowest BCUT2D eigenvalue weighted by Crippen LogP contribution is -2.47. The molecular formula is C22H23F3N8O2. The van der Waals surface area contributed by atoms with Crippen LogP contribution < -0.4 is 20.4 Å². The smallest absolute Gasteiger partial charge is 0.360 e. The summed E-state index contributed by atoms with van der Waals surface area (Å²) >= 11 is 0. The molecule has 5 rings (SSSR count). The second kappa shape index (κ2) is 9.04. The van der Waals surface area contributed by atoms with Crippen LogP contribution in [0.5, 0.6) is 0 Å². The predicted octanol–water partition coefficient (Wildman–Crippen LogP) is 1.93. The van der Waals surface area contributed by atoms with Crippen molar-refractivity contribution in [3.05, 3.63) is 42.2 Å². The molecule has 0 atom stereocenters. The van der Waals surface area contributed by atoms with Gasteiger partial charge in [-0.15, -0.1) is 15.3 Å².